The van der Waals surface area contributed by atoms with Crippen molar-refractivity contribution in [3.63, 3.8) is 0 Å². The lowest BCUT2D eigenvalue weighted by atomic mass is 10.2. The van der Waals surface area contributed by atoms with Crippen molar-refractivity contribution in [1.82, 2.24) is 5.32 Å². The van der Waals surface area contributed by atoms with E-state index in [2.05, 4.69) is 12.2 Å². The third-order valence-electron chi connectivity index (χ3n) is 1.64. The Morgan fingerprint density at radius 3 is 2.54 bits per heavy atom. The number of hydrogen-bond acceptors (Lipinski definition) is 2. The summed E-state index contributed by atoms with van der Waals surface area (Å²) in [5, 5.41) is 3.62. The van der Waals surface area contributed by atoms with E-state index in [0.717, 1.165) is 6.54 Å². The maximum atomic E-state index is 5.28. The van der Waals surface area contributed by atoms with E-state index in [0.29, 0.717) is 5.17 Å². The molecule has 0 saturated heterocycles. The fourth-order valence-electron chi connectivity index (χ4n) is 0.998. The standard InChI is InChI=1S/C10H21NOS/c1-4-5-6-7-8-11-10(13)12-9(2)3/h9H,4-8H2,1-3H3,(H,11,13). The van der Waals surface area contributed by atoms with Crippen molar-refractivity contribution in [2.24, 2.45) is 0 Å². The first-order chi connectivity index (χ1) is 6.16. The third-order valence-corrected chi connectivity index (χ3v) is 1.88. The van der Waals surface area contributed by atoms with Gasteiger partial charge in [-0.2, -0.15) is 0 Å². The minimum absolute atomic E-state index is 0.177. The van der Waals surface area contributed by atoms with Crippen molar-refractivity contribution in [2.75, 3.05) is 6.54 Å². The fraction of sp³-hybridized carbons (Fsp3) is 0.900. The molecule has 0 saturated carbocycles. The summed E-state index contributed by atoms with van der Waals surface area (Å²) in [6.07, 6.45) is 5.20. The van der Waals surface area contributed by atoms with Crippen LogP contribution in [0, 0.1) is 0 Å². The first-order valence-electron chi connectivity index (χ1n) is 5.11. The van der Waals surface area contributed by atoms with Crippen molar-refractivity contribution in [2.45, 2.75) is 52.6 Å². The third kappa shape index (κ3) is 9.61. The molecule has 0 aromatic rings. The van der Waals surface area contributed by atoms with Crippen LogP contribution in [-0.4, -0.2) is 17.8 Å². The summed E-state index contributed by atoms with van der Waals surface area (Å²) in [7, 11) is 0. The highest BCUT2D eigenvalue weighted by Crippen LogP contribution is 1.97. The van der Waals surface area contributed by atoms with Gasteiger partial charge in [0.15, 0.2) is 0 Å². The average molecular weight is 203 g/mol. The van der Waals surface area contributed by atoms with Crippen LogP contribution < -0.4 is 5.32 Å². The van der Waals surface area contributed by atoms with Crippen LogP contribution in [0.4, 0.5) is 0 Å². The highest BCUT2D eigenvalue weighted by Gasteiger charge is 1.98. The zero-order valence-electron chi connectivity index (χ0n) is 8.93. The number of unbranched alkanes of at least 4 members (excludes halogenated alkanes) is 3. The first kappa shape index (κ1) is 12.7. The first-order valence-corrected chi connectivity index (χ1v) is 5.52. The van der Waals surface area contributed by atoms with E-state index < -0.39 is 0 Å². The zero-order chi connectivity index (χ0) is 10.1. The van der Waals surface area contributed by atoms with Gasteiger partial charge in [-0.15, -0.1) is 0 Å². The van der Waals surface area contributed by atoms with Crippen molar-refractivity contribution < 1.29 is 4.74 Å². The predicted molar refractivity (Wildman–Crippen MR) is 61.0 cm³/mol. The monoisotopic (exact) mass is 203 g/mol. The molecular formula is C10H21NOS. The Balaban J connectivity index is 3.17. The summed E-state index contributed by atoms with van der Waals surface area (Å²) in [6.45, 7) is 7.10. The highest BCUT2D eigenvalue weighted by molar-refractivity contribution is 7.80. The summed E-state index contributed by atoms with van der Waals surface area (Å²) < 4.78 is 5.28. The van der Waals surface area contributed by atoms with Gasteiger partial charge in [0, 0.05) is 6.54 Å². The van der Waals surface area contributed by atoms with Gasteiger partial charge in [0.1, 0.15) is 0 Å². The molecule has 0 rings (SSSR count). The SMILES string of the molecule is CCCCCCNC(=S)OC(C)C. The number of rotatable bonds is 6. The maximum absolute atomic E-state index is 5.28. The molecule has 0 aromatic heterocycles. The fourth-order valence-corrected chi connectivity index (χ4v) is 1.29. The lowest BCUT2D eigenvalue weighted by molar-refractivity contribution is 0.224. The molecule has 0 bridgehead atoms. The summed E-state index contributed by atoms with van der Waals surface area (Å²) in [5.41, 5.74) is 0. The second kappa shape index (κ2) is 8.30. The topological polar surface area (TPSA) is 21.3 Å². The van der Waals surface area contributed by atoms with E-state index in [9.17, 15) is 0 Å². The number of thiocarbonyl (C=S) groups is 1. The van der Waals surface area contributed by atoms with Crippen LogP contribution in [0.2, 0.25) is 0 Å². The Labute approximate surface area is 87.0 Å². The van der Waals surface area contributed by atoms with Crippen LogP contribution >= 0.6 is 12.2 Å². The molecule has 78 valence electrons. The smallest absolute Gasteiger partial charge is 0.256 e. The molecule has 0 atom stereocenters. The summed E-state index contributed by atoms with van der Waals surface area (Å²) >= 11 is 4.97. The van der Waals surface area contributed by atoms with Gasteiger partial charge in [0.05, 0.1) is 6.10 Å². The van der Waals surface area contributed by atoms with Gasteiger partial charge in [0.25, 0.3) is 5.17 Å². The second-order valence-corrected chi connectivity index (χ2v) is 3.81. The van der Waals surface area contributed by atoms with Gasteiger partial charge in [-0.3, -0.25) is 0 Å². The number of ether oxygens (including phenoxy) is 1. The Kier molecular flexibility index (Phi) is 8.10. The van der Waals surface area contributed by atoms with Crippen LogP contribution in [0.15, 0.2) is 0 Å². The quantitative estimate of drug-likeness (QED) is 0.530. The van der Waals surface area contributed by atoms with Crippen LogP contribution in [0.25, 0.3) is 0 Å². The van der Waals surface area contributed by atoms with Gasteiger partial charge in [-0.05, 0) is 32.5 Å². The highest BCUT2D eigenvalue weighted by atomic mass is 32.1. The maximum Gasteiger partial charge on any atom is 0.256 e. The molecule has 0 aromatic carbocycles. The van der Waals surface area contributed by atoms with Crippen LogP contribution in [-0.2, 0) is 4.74 Å². The minimum Gasteiger partial charge on any atom is -0.468 e. The van der Waals surface area contributed by atoms with Gasteiger partial charge < -0.3 is 10.1 Å². The Bertz CT molecular complexity index is 137. The summed E-state index contributed by atoms with van der Waals surface area (Å²) in [5.74, 6) is 0. The largest absolute Gasteiger partial charge is 0.468 e. The molecule has 0 unspecified atom stereocenters. The van der Waals surface area contributed by atoms with Crippen molar-refractivity contribution in [3.8, 4) is 0 Å². The van der Waals surface area contributed by atoms with Crippen LogP contribution in [0.5, 0.6) is 0 Å². The molecule has 1 N–H and O–H groups in total. The number of hydrogen-bond donors (Lipinski definition) is 1. The van der Waals surface area contributed by atoms with Crippen molar-refractivity contribution in [3.05, 3.63) is 0 Å². The van der Waals surface area contributed by atoms with Gasteiger partial charge >= 0.3 is 0 Å². The lowest BCUT2D eigenvalue weighted by Crippen LogP contribution is -2.27. The average Bonchev–Trinajstić information content (AvgIpc) is 2.02. The normalized spacial score (nSPS) is 10.2. The van der Waals surface area contributed by atoms with Crippen molar-refractivity contribution in [1.29, 1.82) is 0 Å². The van der Waals surface area contributed by atoms with E-state index >= 15 is 0 Å². The zero-order valence-corrected chi connectivity index (χ0v) is 9.75. The molecule has 0 fully saturated rings. The molecule has 0 aliphatic rings. The van der Waals surface area contributed by atoms with Crippen molar-refractivity contribution >= 4 is 17.4 Å². The molecule has 0 radical (unpaired) electrons. The van der Waals surface area contributed by atoms with Crippen LogP contribution in [0.3, 0.4) is 0 Å². The summed E-state index contributed by atoms with van der Waals surface area (Å²) in [4.78, 5) is 0. The molecule has 0 amide bonds. The van der Waals surface area contributed by atoms with E-state index in [-0.39, 0.29) is 6.10 Å². The lowest BCUT2D eigenvalue weighted by Gasteiger charge is -2.11. The van der Waals surface area contributed by atoms with Gasteiger partial charge in [0.2, 0.25) is 0 Å². The van der Waals surface area contributed by atoms with E-state index in [1.54, 1.807) is 0 Å². The Hall–Kier alpha value is -0.310. The molecule has 0 aliphatic heterocycles. The van der Waals surface area contributed by atoms with E-state index in [1.165, 1.54) is 25.7 Å². The Morgan fingerprint density at radius 2 is 2.00 bits per heavy atom. The Morgan fingerprint density at radius 1 is 1.31 bits per heavy atom. The van der Waals surface area contributed by atoms with Gasteiger partial charge in [-0.1, -0.05) is 26.2 Å². The summed E-state index contributed by atoms with van der Waals surface area (Å²) in [6, 6.07) is 0. The molecule has 2 nitrogen and oxygen atoms in total. The van der Waals surface area contributed by atoms with E-state index in [4.69, 9.17) is 17.0 Å². The van der Waals surface area contributed by atoms with Gasteiger partial charge in [-0.25, -0.2) is 0 Å². The molecule has 0 aliphatic carbocycles. The molecular weight excluding hydrogens is 182 g/mol. The molecule has 3 heteroatoms. The molecule has 13 heavy (non-hydrogen) atoms. The number of nitrogens with one attached hydrogen (secondary N) is 1. The second-order valence-electron chi connectivity index (χ2n) is 3.44. The molecule has 0 spiro atoms. The van der Waals surface area contributed by atoms with Crippen LogP contribution in [0.1, 0.15) is 46.5 Å². The van der Waals surface area contributed by atoms with E-state index in [1.807, 2.05) is 13.8 Å². The molecule has 0 heterocycles. The predicted octanol–water partition coefficient (Wildman–Crippen LogP) is 2.87. The minimum atomic E-state index is 0.177.